The molecule has 0 spiro atoms. The fourth-order valence-electron chi connectivity index (χ4n) is 1.43. The smallest absolute Gasteiger partial charge is 0.271 e. The maximum absolute atomic E-state index is 13.4. The Morgan fingerprint density at radius 2 is 2.33 bits per heavy atom. The molecule has 0 bridgehead atoms. The molecule has 1 aliphatic heterocycles. The average Bonchev–Trinajstić information content (AvgIpc) is 2.69. The number of rotatable bonds is 1. The summed E-state index contributed by atoms with van der Waals surface area (Å²) in [6.45, 7) is 1.03. The van der Waals surface area contributed by atoms with Crippen molar-refractivity contribution in [2.24, 2.45) is 0 Å². The molecule has 15 heavy (non-hydrogen) atoms. The van der Waals surface area contributed by atoms with Crippen LogP contribution in [-0.2, 0) is 4.84 Å². The van der Waals surface area contributed by atoms with Crippen molar-refractivity contribution >= 4 is 21.8 Å². The lowest BCUT2D eigenvalue weighted by Crippen LogP contribution is -2.27. The number of nitrogens with zero attached hydrogens (tertiary/aromatic N) is 1. The zero-order valence-electron chi connectivity index (χ0n) is 7.87. The van der Waals surface area contributed by atoms with E-state index in [1.165, 1.54) is 11.1 Å². The van der Waals surface area contributed by atoms with Crippen LogP contribution < -0.4 is 0 Å². The molecule has 1 heterocycles. The summed E-state index contributed by atoms with van der Waals surface area (Å²) < 4.78 is 13.9. The molecule has 0 unspecified atom stereocenters. The molecule has 1 fully saturated rings. The third-order valence-electron chi connectivity index (χ3n) is 2.16. The summed E-state index contributed by atoms with van der Waals surface area (Å²) in [4.78, 5) is 16.9. The summed E-state index contributed by atoms with van der Waals surface area (Å²) in [5.74, 6) is -0.970. The van der Waals surface area contributed by atoms with E-state index in [0.717, 1.165) is 6.42 Å². The number of amides is 1. The number of halogens is 2. The standard InChI is InChI=1S/C10H9BrFNO2/c11-7-3-1-4-8(12)9(7)10(14)13-5-2-6-15-13/h1,3-4H,2,5-6H2. The van der Waals surface area contributed by atoms with Crippen molar-refractivity contribution in [2.45, 2.75) is 6.42 Å². The van der Waals surface area contributed by atoms with Crippen molar-refractivity contribution in [3.8, 4) is 0 Å². The van der Waals surface area contributed by atoms with Gasteiger partial charge in [0.15, 0.2) is 0 Å². The fraction of sp³-hybridized carbons (Fsp3) is 0.300. The Hall–Kier alpha value is -0.940. The number of hydrogen-bond donors (Lipinski definition) is 0. The van der Waals surface area contributed by atoms with Crippen molar-refractivity contribution < 1.29 is 14.0 Å². The van der Waals surface area contributed by atoms with E-state index in [-0.39, 0.29) is 5.56 Å². The molecule has 80 valence electrons. The van der Waals surface area contributed by atoms with E-state index in [2.05, 4.69) is 15.9 Å². The molecule has 2 rings (SSSR count). The first-order chi connectivity index (χ1) is 7.20. The average molecular weight is 274 g/mol. The van der Waals surface area contributed by atoms with Crippen molar-refractivity contribution in [1.82, 2.24) is 5.06 Å². The van der Waals surface area contributed by atoms with Crippen LogP contribution in [0.1, 0.15) is 16.8 Å². The number of carbonyl (C=O) groups is 1. The first-order valence-electron chi connectivity index (χ1n) is 4.59. The fourth-order valence-corrected chi connectivity index (χ4v) is 1.95. The highest BCUT2D eigenvalue weighted by molar-refractivity contribution is 9.10. The van der Waals surface area contributed by atoms with Gasteiger partial charge in [-0.3, -0.25) is 9.63 Å². The summed E-state index contributed by atoms with van der Waals surface area (Å²) in [6, 6.07) is 4.43. The van der Waals surface area contributed by atoms with Crippen LogP contribution in [0.15, 0.2) is 22.7 Å². The Labute approximate surface area is 94.9 Å². The molecule has 0 N–H and O–H groups in total. The molecule has 3 nitrogen and oxygen atoms in total. The number of carbonyl (C=O) groups excluding carboxylic acids is 1. The van der Waals surface area contributed by atoms with Gasteiger partial charge in [-0.05, 0) is 34.5 Å². The van der Waals surface area contributed by atoms with E-state index >= 15 is 0 Å². The van der Waals surface area contributed by atoms with Gasteiger partial charge in [0.2, 0.25) is 0 Å². The molecule has 0 atom stereocenters. The Balaban J connectivity index is 2.32. The van der Waals surface area contributed by atoms with Crippen LogP contribution in [-0.4, -0.2) is 24.1 Å². The lowest BCUT2D eigenvalue weighted by molar-refractivity contribution is -0.0771. The highest BCUT2D eigenvalue weighted by atomic mass is 79.9. The summed E-state index contributed by atoms with van der Waals surface area (Å²) >= 11 is 3.15. The van der Waals surface area contributed by atoms with E-state index < -0.39 is 11.7 Å². The van der Waals surface area contributed by atoms with Crippen molar-refractivity contribution in [2.75, 3.05) is 13.2 Å². The lowest BCUT2D eigenvalue weighted by atomic mass is 10.2. The number of hydrogen-bond acceptors (Lipinski definition) is 2. The third kappa shape index (κ3) is 2.03. The van der Waals surface area contributed by atoms with E-state index in [1.54, 1.807) is 12.1 Å². The molecule has 1 aliphatic rings. The topological polar surface area (TPSA) is 29.5 Å². The summed E-state index contributed by atoms with van der Waals surface area (Å²) in [5.41, 5.74) is 0.0272. The molecule has 1 aromatic carbocycles. The Morgan fingerprint density at radius 1 is 1.53 bits per heavy atom. The molecular weight excluding hydrogens is 265 g/mol. The molecule has 0 saturated carbocycles. The molecule has 1 saturated heterocycles. The van der Waals surface area contributed by atoms with Crippen molar-refractivity contribution in [1.29, 1.82) is 0 Å². The second kappa shape index (κ2) is 4.28. The van der Waals surface area contributed by atoms with E-state index in [1.807, 2.05) is 0 Å². The van der Waals surface area contributed by atoms with Gasteiger partial charge in [-0.15, -0.1) is 0 Å². The molecule has 0 aromatic heterocycles. The zero-order chi connectivity index (χ0) is 10.8. The van der Waals surface area contributed by atoms with E-state index in [9.17, 15) is 9.18 Å². The van der Waals surface area contributed by atoms with Gasteiger partial charge in [0.05, 0.1) is 18.7 Å². The monoisotopic (exact) mass is 273 g/mol. The predicted molar refractivity (Wildman–Crippen MR) is 55.7 cm³/mol. The highest BCUT2D eigenvalue weighted by Crippen LogP contribution is 2.22. The first kappa shape index (κ1) is 10.6. The van der Waals surface area contributed by atoms with Gasteiger partial charge < -0.3 is 0 Å². The maximum atomic E-state index is 13.4. The van der Waals surface area contributed by atoms with Gasteiger partial charge in [-0.2, -0.15) is 0 Å². The third-order valence-corrected chi connectivity index (χ3v) is 2.82. The predicted octanol–water partition coefficient (Wildman–Crippen LogP) is 2.37. The lowest BCUT2D eigenvalue weighted by Gasteiger charge is -2.14. The number of benzene rings is 1. The van der Waals surface area contributed by atoms with E-state index in [4.69, 9.17) is 4.84 Å². The quantitative estimate of drug-likeness (QED) is 0.786. The van der Waals surface area contributed by atoms with Gasteiger partial charge in [-0.1, -0.05) is 6.07 Å². The van der Waals surface area contributed by atoms with Crippen LogP contribution >= 0.6 is 15.9 Å². The van der Waals surface area contributed by atoms with Crippen molar-refractivity contribution in [3.05, 3.63) is 34.1 Å². The summed E-state index contributed by atoms with van der Waals surface area (Å²) in [6.07, 6.45) is 0.789. The van der Waals surface area contributed by atoms with Gasteiger partial charge >= 0.3 is 0 Å². The maximum Gasteiger partial charge on any atom is 0.281 e. The Kier molecular flexibility index (Phi) is 3.02. The molecule has 1 aromatic rings. The molecule has 5 heteroatoms. The van der Waals surface area contributed by atoms with Crippen LogP contribution in [0.2, 0.25) is 0 Å². The SMILES string of the molecule is O=C(c1c(F)cccc1Br)N1CCCO1. The highest BCUT2D eigenvalue weighted by Gasteiger charge is 2.25. The minimum Gasteiger partial charge on any atom is -0.271 e. The zero-order valence-corrected chi connectivity index (χ0v) is 9.46. The van der Waals surface area contributed by atoms with E-state index in [0.29, 0.717) is 17.6 Å². The van der Waals surface area contributed by atoms with Crippen LogP contribution in [0.3, 0.4) is 0 Å². The van der Waals surface area contributed by atoms with Crippen molar-refractivity contribution in [3.63, 3.8) is 0 Å². The van der Waals surface area contributed by atoms with Crippen LogP contribution in [0.4, 0.5) is 4.39 Å². The normalized spacial score (nSPS) is 15.7. The van der Waals surface area contributed by atoms with Crippen LogP contribution in [0, 0.1) is 5.82 Å². The largest absolute Gasteiger partial charge is 0.281 e. The van der Waals surface area contributed by atoms with Gasteiger partial charge in [0, 0.05) is 4.47 Å². The Bertz CT molecular complexity index is 371. The minimum atomic E-state index is -0.537. The molecule has 1 amide bonds. The van der Waals surface area contributed by atoms with Gasteiger partial charge in [0.25, 0.3) is 5.91 Å². The summed E-state index contributed by atoms with van der Waals surface area (Å²) in [5, 5.41) is 1.20. The second-order valence-electron chi connectivity index (χ2n) is 3.19. The summed E-state index contributed by atoms with van der Waals surface area (Å²) in [7, 11) is 0. The molecule has 0 radical (unpaired) electrons. The van der Waals surface area contributed by atoms with Crippen LogP contribution in [0.5, 0.6) is 0 Å². The Morgan fingerprint density at radius 3 is 2.93 bits per heavy atom. The first-order valence-corrected chi connectivity index (χ1v) is 5.38. The number of hydroxylamine groups is 2. The minimum absolute atomic E-state index is 0.0272. The van der Waals surface area contributed by atoms with Crippen LogP contribution in [0.25, 0.3) is 0 Å². The van der Waals surface area contributed by atoms with Gasteiger partial charge in [-0.25, -0.2) is 9.45 Å². The molecule has 0 aliphatic carbocycles. The second-order valence-corrected chi connectivity index (χ2v) is 4.05. The van der Waals surface area contributed by atoms with Gasteiger partial charge in [0.1, 0.15) is 5.82 Å². The molecular formula is C10H9BrFNO2.